The largest absolute Gasteiger partial charge is 0.497 e. The number of rotatable bonds is 5. The predicted octanol–water partition coefficient (Wildman–Crippen LogP) is 3.94. The Balaban J connectivity index is 2.76. The molecule has 0 aliphatic heterocycles. The molecule has 0 saturated heterocycles. The van der Waals surface area contributed by atoms with E-state index in [0.717, 1.165) is 11.4 Å². The van der Waals surface area contributed by atoms with Crippen LogP contribution in [0, 0.1) is 0 Å². The molecule has 6 heteroatoms. The highest BCUT2D eigenvalue weighted by atomic mass is 33.1. The summed E-state index contributed by atoms with van der Waals surface area (Å²) in [5.41, 5.74) is -1.53. The third-order valence-electron chi connectivity index (χ3n) is 1.84. The molecule has 84 valence electrons. The minimum Gasteiger partial charge on any atom is -0.497 e. The van der Waals surface area contributed by atoms with Gasteiger partial charge in [0.2, 0.25) is 0 Å². The van der Waals surface area contributed by atoms with E-state index < -0.39 is 5.70 Å². The Morgan fingerprint density at radius 3 is 2.13 bits per heavy atom. The Kier molecular flexibility index (Phi) is 4.90. The molecule has 1 aromatic carbocycles. The summed E-state index contributed by atoms with van der Waals surface area (Å²) in [5.74, 6) is 0.795. The molecule has 1 rings (SSSR count). The standard InChI is InChI=1S/C9H14NO2PS2/c1-12-9-6-4-8(5-7-9)10-13(11,14-2)15-3/h4-7H,1-3H3,(H,10,11). The van der Waals surface area contributed by atoms with E-state index in [4.69, 9.17) is 4.74 Å². The summed E-state index contributed by atoms with van der Waals surface area (Å²) >= 11 is 2.71. The van der Waals surface area contributed by atoms with Crippen LogP contribution in [0.1, 0.15) is 0 Å². The molecule has 0 aliphatic rings. The second kappa shape index (κ2) is 5.73. The zero-order valence-corrected chi connectivity index (χ0v) is 11.4. The first kappa shape index (κ1) is 12.8. The van der Waals surface area contributed by atoms with Crippen LogP contribution in [0.25, 0.3) is 0 Å². The molecular weight excluding hydrogens is 249 g/mol. The fourth-order valence-corrected chi connectivity index (χ4v) is 4.76. The molecule has 0 fully saturated rings. The lowest BCUT2D eigenvalue weighted by Crippen LogP contribution is -1.90. The van der Waals surface area contributed by atoms with Gasteiger partial charge in [0.1, 0.15) is 5.75 Å². The van der Waals surface area contributed by atoms with Gasteiger partial charge < -0.3 is 9.82 Å². The lowest BCUT2D eigenvalue weighted by atomic mass is 10.3. The van der Waals surface area contributed by atoms with Gasteiger partial charge in [0.15, 0.2) is 0 Å². The van der Waals surface area contributed by atoms with Crippen molar-refractivity contribution < 1.29 is 9.30 Å². The molecule has 0 amide bonds. The van der Waals surface area contributed by atoms with Crippen molar-refractivity contribution in [2.45, 2.75) is 0 Å². The van der Waals surface area contributed by atoms with Crippen molar-refractivity contribution in [1.29, 1.82) is 0 Å². The summed E-state index contributed by atoms with van der Waals surface area (Å²) in [7, 11) is 1.62. The van der Waals surface area contributed by atoms with Crippen LogP contribution < -0.4 is 9.82 Å². The van der Waals surface area contributed by atoms with Crippen LogP contribution in [0.5, 0.6) is 5.75 Å². The molecule has 0 aliphatic carbocycles. The number of hydrogen-bond donors (Lipinski definition) is 1. The van der Waals surface area contributed by atoms with Crippen molar-refractivity contribution >= 4 is 34.1 Å². The van der Waals surface area contributed by atoms with E-state index in [0.29, 0.717) is 0 Å². The molecule has 0 saturated carbocycles. The van der Waals surface area contributed by atoms with Gasteiger partial charge in [-0.05, 0) is 36.8 Å². The Morgan fingerprint density at radius 1 is 1.20 bits per heavy atom. The molecule has 0 atom stereocenters. The SMILES string of the molecule is COc1ccc(NP(=O)(SC)SC)cc1. The van der Waals surface area contributed by atoms with E-state index in [1.807, 2.05) is 36.8 Å². The van der Waals surface area contributed by atoms with Crippen molar-refractivity contribution in [2.75, 3.05) is 24.7 Å². The highest BCUT2D eigenvalue weighted by molar-refractivity contribution is 8.90. The Morgan fingerprint density at radius 2 is 1.73 bits per heavy atom. The van der Waals surface area contributed by atoms with Crippen LogP contribution in [0.3, 0.4) is 0 Å². The number of methoxy groups -OCH3 is 1. The van der Waals surface area contributed by atoms with Crippen molar-refractivity contribution in [3.63, 3.8) is 0 Å². The van der Waals surface area contributed by atoms with Crippen LogP contribution in [0.2, 0.25) is 0 Å². The second-order valence-electron chi connectivity index (χ2n) is 2.70. The molecule has 0 aromatic heterocycles. The monoisotopic (exact) mass is 263 g/mol. The summed E-state index contributed by atoms with van der Waals surface area (Å²) < 4.78 is 17.1. The van der Waals surface area contributed by atoms with E-state index in [-0.39, 0.29) is 0 Å². The topological polar surface area (TPSA) is 38.3 Å². The van der Waals surface area contributed by atoms with Gasteiger partial charge in [-0.25, -0.2) is 0 Å². The molecule has 15 heavy (non-hydrogen) atoms. The average Bonchev–Trinajstić information content (AvgIpc) is 2.30. The van der Waals surface area contributed by atoms with Crippen molar-refractivity contribution in [3.05, 3.63) is 24.3 Å². The van der Waals surface area contributed by atoms with Crippen LogP contribution in [-0.4, -0.2) is 19.6 Å². The number of hydrogen-bond acceptors (Lipinski definition) is 4. The van der Waals surface area contributed by atoms with Crippen molar-refractivity contribution in [2.24, 2.45) is 0 Å². The van der Waals surface area contributed by atoms with Gasteiger partial charge in [-0.1, -0.05) is 22.8 Å². The molecular formula is C9H14NO2PS2. The molecule has 0 unspecified atom stereocenters. The molecule has 1 aromatic rings. The number of nitrogens with one attached hydrogen (secondary N) is 1. The maximum atomic E-state index is 12.1. The predicted molar refractivity (Wildman–Crippen MR) is 71.3 cm³/mol. The number of benzene rings is 1. The fraction of sp³-hybridized carbons (Fsp3) is 0.333. The number of anilines is 1. The number of ether oxygens (including phenoxy) is 1. The first-order chi connectivity index (χ1) is 7.13. The summed E-state index contributed by atoms with van der Waals surface area (Å²) in [6, 6.07) is 7.40. The maximum Gasteiger partial charge on any atom is 0.277 e. The Labute approximate surface area is 98.3 Å². The minimum absolute atomic E-state index is 0.795. The van der Waals surface area contributed by atoms with E-state index >= 15 is 0 Å². The summed E-state index contributed by atoms with van der Waals surface area (Å²) in [6.07, 6.45) is 3.68. The zero-order valence-electron chi connectivity index (χ0n) is 8.89. The smallest absolute Gasteiger partial charge is 0.277 e. The van der Waals surface area contributed by atoms with Gasteiger partial charge in [0.25, 0.3) is 5.70 Å². The summed E-state index contributed by atoms with van der Waals surface area (Å²) in [4.78, 5) is 0. The molecule has 1 N–H and O–H groups in total. The summed E-state index contributed by atoms with van der Waals surface area (Å²) in [6.45, 7) is 0. The van der Waals surface area contributed by atoms with Crippen molar-refractivity contribution in [1.82, 2.24) is 0 Å². The lowest BCUT2D eigenvalue weighted by Gasteiger charge is -2.15. The zero-order chi connectivity index (χ0) is 11.3. The van der Waals surface area contributed by atoms with E-state index in [2.05, 4.69) is 5.09 Å². The average molecular weight is 263 g/mol. The Hall–Kier alpha value is -0.250. The van der Waals surface area contributed by atoms with Gasteiger partial charge in [-0.15, -0.1) is 0 Å². The van der Waals surface area contributed by atoms with Crippen molar-refractivity contribution in [3.8, 4) is 5.75 Å². The highest BCUT2D eigenvalue weighted by Gasteiger charge is 2.18. The Bertz CT molecular complexity index is 348. The van der Waals surface area contributed by atoms with Crippen LogP contribution in [0.15, 0.2) is 24.3 Å². The summed E-state index contributed by atoms with van der Waals surface area (Å²) in [5, 5.41) is 3.03. The molecule has 0 heterocycles. The molecule has 3 nitrogen and oxygen atoms in total. The quantitative estimate of drug-likeness (QED) is 0.814. The maximum absolute atomic E-state index is 12.1. The normalized spacial score (nSPS) is 11.1. The molecule has 0 radical (unpaired) electrons. The lowest BCUT2D eigenvalue weighted by molar-refractivity contribution is 0.415. The van der Waals surface area contributed by atoms with E-state index in [9.17, 15) is 4.57 Å². The van der Waals surface area contributed by atoms with Gasteiger partial charge in [-0.2, -0.15) is 0 Å². The fourth-order valence-electron chi connectivity index (χ4n) is 0.989. The first-order valence-electron chi connectivity index (χ1n) is 4.27. The minimum atomic E-state index is -2.38. The van der Waals surface area contributed by atoms with E-state index in [1.54, 1.807) is 7.11 Å². The van der Waals surface area contributed by atoms with Gasteiger partial charge in [-0.3, -0.25) is 4.57 Å². The third-order valence-corrected chi connectivity index (χ3v) is 9.45. The first-order valence-corrected chi connectivity index (χ1v) is 9.64. The van der Waals surface area contributed by atoms with Crippen LogP contribution in [-0.2, 0) is 4.57 Å². The van der Waals surface area contributed by atoms with Crippen LogP contribution >= 0.6 is 28.5 Å². The third kappa shape index (κ3) is 3.67. The van der Waals surface area contributed by atoms with E-state index in [1.165, 1.54) is 22.8 Å². The molecule has 0 spiro atoms. The van der Waals surface area contributed by atoms with Gasteiger partial charge in [0, 0.05) is 5.69 Å². The second-order valence-corrected chi connectivity index (χ2v) is 10.6. The van der Waals surface area contributed by atoms with Gasteiger partial charge in [0.05, 0.1) is 7.11 Å². The van der Waals surface area contributed by atoms with Gasteiger partial charge >= 0.3 is 0 Å². The van der Waals surface area contributed by atoms with Crippen LogP contribution in [0.4, 0.5) is 5.69 Å². The molecule has 0 bridgehead atoms. The highest BCUT2D eigenvalue weighted by Crippen LogP contribution is 2.65.